The summed E-state index contributed by atoms with van der Waals surface area (Å²) in [5.41, 5.74) is 3.03. The van der Waals surface area contributed by atoms with E-state index < -0.39 is 5.60 Å². The van der Waals surface area contributed by atoms with E-state index in [2.05, 4.69) is 11.5 Å². The molecule has 0 aliphatic heterocycles. The Morgan fingerprint density at radius 3 is 2.03 bits per heavy atom. The maximum atomic E-state index is 12.3. The first kappa shape index (κ1) is 21.0. The van der Waals surface area contributed by atoms with Crippen LogP contribution in [-0.2, 0) is 12.1 Å². The van der Waals surface area contributed by atoms with Gasteiger partial charge >= 0.3 is 0 Å². The number of ether oxygens (including phenoxy) is 1. The topological polar surface area (TPSA) is 47.3 Å². The van der Waals surface area contributed by atoms with Gasteiger partial charge in [0.05, 0.1) is 11.0 Å². The van der Waals surface area contributed by atoms with Crippen molar-refractivity contribution in [1.82, 2.24) is 9.55 Å². The Hall–Kier alpha value is -3.89. The second-order valence-corrected chi connectivity index (χ2v) is 8.19. The molecule has 0 fully saturated rings. The van der Waals surface area contributed by atoms with Gasteiger partial charge in [0, 0.05) is 12.6 Å². The summed E-state index contributed by atoms with van der Waals surface area (Å²) in [6.45, 7) is 4.76. The highest BCUT2D eigenvalue weighted by molar-refractivity contribution is 5.78. The molecule has 0 radical (unpaired) electrons. The van der Waals surface area contributed by atoms with Crippen molar-refractivity contribution >= 4 is 11.0 Å². The smallest absolute Gasteiger partial charge is 0.173 e. The van der Waals surface area contributed by atoms with Gasteiger partial charge in [0.15, 0.2) is 11.4 Å². The molecule has 4 aromatic carbocycles. The Balaban J connectivity index is 1.68. The van der Waals surface area contributed by atoms with Crippen LogP contribution in [0.5, 0.6) is 11.5 Å². The quantitative estimate of drug-likeness (QED) is 0.334. The number of hydrogen-bond donors (Lipinski definition) is 1. The summed E-state index contributed by atoms with van der Waals surface area (Å²) in [4.78, 5) is 4.93. The zero-order chi connectivity index (χ0) is 22.8. The summed E-state index contributed by atoms with van der Waals surface area (Å²) < 4.78 is 8.20. The van der Waals surface area contributed by atoms with E-state index in [1.165, 1.54) is 0 Å². The zero-order valence-corrected chi connectivity index (χ0v) is 18.8. The lowest BCUT2D eigenvalue weighted by atomic mass is 9.85. The van der Waals surface area contributed by atoms with Crippen LogP contribution in [0.25, 0.3) is 11.0 Å². The molecular weight excluding hydrogens is 408 g/mol. The van der Waals surface area contributed by atoms with Crippen LogP contribution in [0, 0.1) is 6.92 Å². The molecule has 0 aliphatic rings. The van der Waals surface area contributed by atoms with Crippen molar-refractivity contribution < 1.29 is 9.84 Å². The number of rotatable bonds is 6. The summed E-state index contributed by atoms with van der Waals surface area (Å²) in [6, 6.07) is 33.3. The summed E-state index contributed by atoms with van der Waals surface area (Å²) in [6.07, 6.45) is 0. The van der Waals surface area contributed by atoms with E-state index in [1.54, 1.807) is 0 Å². The predicted molar refractivity (Wildman–Crippen MR) is 132 cm³/mol. The minimum absolute atomic E-state index is 0.588. The number of nitrogens with zero attached hydrogens (tertiary/aromatic N) is 2. The van der Waals surface area contributed by atoms with Gasteiger partial charge in [-0.3, -0.25) is 0 Å². The zero-order valence-electron chi connectivity index (χ0n) is 18.8. The summed E-state index contributed by atoms with van der Waals surface area (Å²) in [7, 11) is 0. The number of fused-ring (bicyclic) bond motifs is 1. The van der Waals surface area contributed by atoms with Gasteiger partial charge in [-0.15, -0.1) is 0 Å². The number of imidazole rings is 1. The van der Waals surface area contributed by atoms with E-state index in [0.29, 0.717) is 12.4 Å². The van der Waals surface area contributed by atoms with Crippen LogP contribution in [0.15, 0.2) is 103 Å². The second-order valence-electron chi connectivity index (χ2n) is 8.19. The Morgan fingerprint density at radius 2 is 1.42 bits per heavy atom. The first-order valence-corrected chi connectivity index (χ1v) is 11.2. The van der Waals surface area contributed by atoms with Gasteiger partial charge in [0.1, 0.15) is 11.5 Å². The van der Waals surface area contributed by atoms with Gasteiger partial charge in [0.2, 0.25) is 0 Å². The molecule has 0 aliphatic carbocycles. The van der Waals surface area contributed by atoms with Crippen molar-refractivity contribution in [3.05, 3.63) is 126 Å². The molecular formula is C29H26N2O2. The van der Waals surface area contributed by atoms with Crippen LogP contribution in [0.3, 0.4) is 0 Å². The molecule has 0 saturated heterocycles. The summed E-state index contributed by atoms with van der Waals surface area (Å²) in [5.74, 6) is 2.12. The van der Waals surface area contributed by atoms with Gasteiger partial charge in [-0.2, -0.15) is 0 Å². The van der Waals surface area contributed by atoms with Crippen LogP contribution in [0.2, 0.25) is 0 Å². The highest BCUT2D eigenvalue weighted by atomic mass is 16.5. The first-order chi connectivity index (χ1) is 16.1. The largest absolute Gasteiger partial charge is 0.457 e. The van der Waals surface area contributed by atoms with Crippen molar-refractivity contribution in [3.63, 3.8) is 0 Å². The Kier molecular flexibility index (Phi) is 5.45. The van der Waals surface area contributed by atoms with E-state index >= 15 is 0 Å². The third-order valence-electron chi connectivity index (χ3n) is 5.97. The summed E-state index contributed by atoms with van der Waals surface area (Å²) >= 11 is 0. The molecule has 0 spiro atoms. The van der Waals surface area contributed by atoms with E-state index in [4.69, 9.17) is 9.72 Å². The molecule has 0 saturated carbocycles. The van der Waals surface area contributed by atoms with E-state index in [9.17, 15) is 5.11 Å². The molecule has 164 valence electrons. The average Bonchev–Trinajstić information content (AvgIpc) is 3.23. The molecule has 4 heteroatoms. The molecule has 0 atom stereocenters. The monoisotopic (exact) mass is 434 g/mol. The molecule has 0 amide bonds. The van der Waals surface area contributed by atoms with E-state index in [-0.39, 0.29) is 0 Å². The van der Waals surface area contributed by atoms with Gasteiger partial charge in [-0.05, 0) is 54.8 Å². The number of aromatic nitrogens is 2. The van der Waals surface area contributed by atoms with Crippen LogP contribution >= 0.6 is 0 Å². The van der Waals surface area contributed by atoms with Crippen LogP contribution in [-0.4, -0.2) is 14.7 Å². The third-order valence-corrected chi connectivity index (χ3v) is 5.97. The molecule has 4 nitrogen and oxygen atoms in total. The number of aryl methyl sites for hydroxylation is 2. The molecule has 1 heterocycles. The van der Waals surface area contributed by atoms with Gasteiger partial charge < -0.3 is 14.4 Å². The van der Waals surface area contributed by atoms with Crippen molar-refractivity contribution in [2.24, 2.45) is 0 Å². The standard InChI is InChI=1S/C29H26N2O2/c1-3-31-27-20-25(33-24-16-10-11-21(2)19-24)17-18-26(27)30-28(31)29(32,22-12-6-4-7-13-22)23-14-8-5-9-15-23/h4-20,32H,3H2,1-2H3. The SMILES string of the molecule is CCn1c(C(O)(c2ccccc2)c2ccccc2)nc2ccc(Oc3cccc(C)c3)cc21. The average molecular weight is 435 g/mol. The maximum Gasteiger partial charge on any atom is 0.173 e. The number of aliphatic hydroxyl groups is 1. The van der Waals surface area contributed by atoms with Gasteiger partial charge in [-0.1, -0.05) is 72.8 Å². The van der Waals surface area contributed by atoms with Crippen LogP contribution in [0.4, 0.5) is 0 Å². The van der Waals surface area contributed by atoms with Crippen LogP contribution < -0.4 is 4.74 Å². The number of hydrogen-bond acceptors (Lipinski definition) is 3. The minimum atomic E-state index is -1.39. The lowest BCUT2D eigenvalue weighted by Gasteiger charge is -2.29. The normalized spacial score (nSPS) is 11.6. The Labute approximate surface area is 193 Å². The van der Waals surface area contributed by atoms with E-state index in [1.807, 2.05) is 110 Å². The Bertz CT molecular complexity index is 1350. The number of benzene rings is 4. The highest BCUT2D eigenvalue weighted by Crippen LogP contribution is 2.38. The van der Waals surface area contributed by atoms with Crippen molar-refractivity contribution in [3.8, 4) is 11.5 Å². The van der Waals surface area contributed by atoms with Crippen molar-refractivity contribution in [1.29, 1.82) is 0 Å². The lowest BCUT2D eigenvalue weighted by Crippen LogP contribution is -2.32. The van der Waals surface area contributed by atoms with Crippen molar-refractivity contribution in [2.45, 2.75) is 26.0 Å². The molecule has 1 N–H and O–H groups in total. The molecule has 5 aromatic rings. The second kappa shape index (κ2) is 8.57. The summed E-state index contributed by atoms with van der Waals surface area (Å²) in [5, 5.41) is 12.3. The lowest BCUT2D eigenvalue weighted by molar-refractivity contribution is 0.112. The van der Waals surface area contributed by atoms with Gasteiger partial charge in [0.25, 0.3) is 0 Å². The Morgan fingerprint density at radius 1 is 0.788 bits per heavy atom. The van der Waals surface area contributed by atoms with Crippen molar-refractivity contribution in [2.75, 3.05) is 0 Å². The first-order valence-electron chi connectivity index (χ1n) is 11.2. The fourth-order valence-electron chi connectivity index (χ4n) is 4.36. The minimum Gasteiger partial charge on any atom is -0.457 e. The molecule has 0 unspecified atom stereocenters. The fourth-order valence-corrected chi connectivity index (χ4v) is 4.36. The maximum absolute atomic E-state index is 12.3. The predicted octanol–water partition coefficient (Wildman–Crippen LogP) is 6.44. The molecule has 1 aromatic heterocycles. The molecule has 0 bridgehead atoms. The molecule has 5 rings (SSSR count). The third kappa shape index (κ3) is 3.79. The highest BCUT2D eigenvalue weighted by Gasteiger charge is 2.38. The van der Waals surface area contributed by atoms with Crippen LogP contribution in [0.1, 0.15) is 29.4 Å². The van der Waals surface area contributed by atoms with Gasteiger partial charge in [-0.25, -0.2) is 4.98 Å². The van der Waals surface area contributed by atoms with E-state index in [0.717, 1.165) is 39.2 Å². The fraction of sp³-hybridized carbons (Fsp3) is 0.138. The molecule has 33 heavy (non-hydrogen) atoms.